The number of imidazole rings is 2. The number of benzene rings is 1. The number of thioether (sulfide) groups is 1. The number of H-pyrrole nitrogens is 1. The van der Waals surface area contributed by atoms with Crippen molar-refractivity contribution in [3.63, 3.8) is 0 Å². The van der Waals surface area contributed by atoms with Crippen LogP contribution in [0.2, 0.25) is 0 Å². The van der Waals surface area contributed by atoms with Crippen molar-refractivity contribution in [2.24, 2.45) is 14.1 Å². The van der Waals surface area contributed by atoms with Gasteiger partial charge in [0.05, 0.1) is 17.4 Å². The number of nitrogens with zero attached hydrogens (tertiary/aromatic N) is 5. The van der Waals surface area contributed by atoms with E-state index in [0.29, 0.717) is 24.1 Å². The largest absolute Gasteiger partial charge is 0.333 e. The number of nitrogens with one attached hydrogen (secondary N) is 1. The minimum atomic E-state index is -0.338. The molecular formula is C18H20N6O2S. The predicted octanol–water partition coefficient (Wildman–Crippen LogP) is 1.80. The van der Waals surface area contributed by atoms with Gasteiger partial charge >= 0.3 is 5.69 Å². The van der Waals surface area contributed by atoms with Crippen molar-refractivity contribution < 1.29 is 0 Å². The summed E-state index contributed by atoms with van der Waals surface area (Å²) in [6.07, 6.45) is 2.23. The fraction of sp³-hybridized carbons (Fsp3) is 0.333. The molecule has 0 aliphatic carbocycles. The highest BCUT2D eigenvalue weighted by Crippen LogP contribution is 2.20. The molecule has 0 aliphatic rings. The molecule has 0 amide bonds. The van der Waals surface area contributed by atoms with E-state index < -0.39 is 0 Å². The first-order valence-corrected chi connectivity index (χ1v) is 9.64. The molecular weight excluding hydrogens is 364 g/mol. The number of aryl methyl sites for hydroxylation is 3. The topological polar surface area (TPSA) is 90.5 Å². The highest BCUT2D eigenvalue weighted by Gasteiger charge is 2.14. The lowest BCUT2D eigenvalue weighted by molar-refractivity contribution is 0.594. The molecule has 0 fully saturated rings. The van der Waals surface area contributed by atoms with Gasteiger partial charge in [0.2, 0.25) is 0 Å². The minimum absolute atomic E-state index is 0.294. The van der Waals surface area contributed by atoms with Crippen LogP contribution >= 0.6 is 11.8 Å². The van der Waals surface area contributed by atoms with Crippen LogP contribution in [0.1, 0.15) is 12.0 Å². The maximum atomic E-state index is 12.7. The smallest absolute Gasteiger partial charge is 0.332 e. The van der Waals surface area contributed by atoms with Crippen LogP contribution in [-0.2, 0) is 20.6 Å². The molecule has 27 heavy (non-hydrogen) atoms. The van der Waals surface area contributed by atoms with Crippen molar-refractivity contribution in [1.29, 1.82) is 0 Å². The van der Waals surface area contributed by atoms with E-state index in [1.807, 2.05) is 19.1 Å². The molecule has 4 aromatic rings. The van der Waals surface area contributed by atoms with Gasteiger partial charge in [0.15, 0.2) is 16.3 Å². The summed E-state index contributed by atoms with van der Waals surface area (Å²) in [5.41, 5.74) is 3.36. The summed E-state index contributed by atoms with van der Waals surface area (Å²) >= 11 is 1.59. The van der Waals surface area contributed by atoms with E-state index >= 15 is 0 Å². The van der Waals surface area contributed by atoms with Crippen LogP contribution in [-0.4, -0.2) is 34.4 Å². The van der Waals surface area contributed by atoms with Crippen molar-refractivity contribution >= 4 is 34.0 Å². The van der Waals surface area contributed by atoms with Gasteiger partial charge < -0.3 is 9.55 Å². The predicted molar refractivity (Wildman–Crippen MR) is 106 cm³/mol. The first kappa shape index (κ1) is 17.6. The number of rotatable bonds is 5. The maximum absolute atomic E-state index is 12.7. The Morgan fingerprint density at radius 2 is 2.04 bits per heavy atom. The minimum Gasteiger partial charge on any atom is -0.333 e. The molecule has 0 radical (unpaired) electrons. The van der Waals surface area contributed by atoms with E-state index in [1.54, 1.807) is 36.8 Å². The molecule has 3 aromatic heterocycles. The van der Waals surface area contributed by atoms with Gasteiger partial charge in [-0.3, -0.25) is 13.9 Å². The van der Waals surface area contributed by atoms with E-state index in [0.717, 1.165) is 21.9 Å². The number of aromatic nitrogens is 6. The molecule has 1 N–H and O–H groups in total. The van der Waals surface area contributed by atoms with Gasteiger partial charge in [-0.25, -0.2) is 14.8 Å². The second kappa shape index (κ2) is 6.73. The van der Waals surface area contributed by atoms with Crippen LogP contribution in [0.25, 0.3) is 22.2 Å². The molecule has 4 rings (SSSR count). The Kier molecular flexibility index (Phi) is 4.39. The normalized spacial score (nSPS) is 11.7. The Labute approximate surface area is 158 Å². The third kappa shape index (κ3) is 3.08. The third-order valence-corrected chi connectivity index (χ3v) is 5.54. The monoisotopic (exact) mass is 384 g/mol. The molecule has 8 nitrogen and oxygen atoms in total. The molecule has 1 aromatic carbocycles. The molecule has 0 aliphatic heterocycles. The third-order valence-electron chi connectivity index (χ3n) is 4.58. The zero-order valence-electron chi connectivity index (χ0n) is 15.4. The molecule has 0 unspecified atom stereocenters. The van der Waals surface area contributed by atoms with Crippen LogP contribution in [0.3, 0.4) is 0 Å². The number of hydrogen-bond donors (Lipinski definition) is 1. The van der Waals surface area contributed by atoms with E-state index in [1.165, 1.54) is 14.7 Å². The summed E-state index contributed by atoms with van der Waals surface area (Å²) in [5.74, 6) is 0.748. The summed E-state index contributed by atoms with van der Waals surface area (Å²) in [7, 11) is 3.39. The summed E-state index contributed by atoms with van der Waals surface area (Å²) in [6.45, 7) is 2.41. The Balaban J connectivity index is 1.49. The van der Waals surface area contributed by atoms with Gasteiger partial charge in [0, 0.05) is 26.4 Å². The number of fused-ring (bicyclic) bond motifs is 2. The van der Waals surface area contributed by atoms with Gasteiger partial charge in [-0.1, -0.05) is 17.8 Å². The quantitative estimate of drug-likeness (QED) is 0.419. The summed E-state index contributed by atoms with van der Waals surface area (Å²) in [6, 6.07) is 6.10. The number of hydrogen-bond acceptors (Lipinski definition) is 5. The van der Waals surface area contributed by atoms with Crippen LogP contribution in [0.4, 0.5) is 0 Å². The Bertz CT molecular complexity index is 1260. The van der Waals surface area contributed by atoms with Gasteiger partial charge in [0.1, 0.15) is 0 Å². The van der Waals surface area contributed by atoms with Crippen LogP contribution in [0.5, 0.6) is 0 Å². The molecule has 9 heteroatoms. The molecule has 3 heterocycles. The van der Waals surface area contributed by atoms with Crippen molar-refractivity contribution in [3.05, 3.63) is 50.9 Å². The lowest BCUT2D eigenvalue weighted by atomic mass is 10.2. The molecule has 0 saturated carbocycles. The summed E-state index contributed by atoms with van der Waals surface area (Å²) in [4.78, 5) is 37.1. The highest BCUT2D eigenvalue weighted by atomic mass is 32.2. The average Bonchev–Trinajstić information content (AvgIpc) is 3.22. The molecule has 0 bridgehead atoms. The van der Waals surface area contributed by atoms with E-state index in [4.69, 9.17) is 0 Å². The van der Waals surface area contributed by atoms with E-state index in [2.05, 4.69) is 21.0 Å². The van der Waals surface area contributed by atoms with Gasteiger partial charge in [0.25, 0.3) is 5.56 Å². The van der Waals surface area contributed by atoms with Crippen LogP contribution in [0, 0.1) is 6.92 Å². The number of aromatic amines is 1. The first-order chi connectivity index (χ1) is 13.0. The zero-order chi connectivity index (χ0) is 19.1. The fourth-order valence-corrected chi connectivity index (χ4v) is 3.97. The SMILES string of the molecule is Cc1ccc2nc(SCCCn3c(=O)c4c(ncn4C)n(C)c3=O)[nH]c2c1. The average molecular weight is 384 g/mol. The molecule has 0 saturated heterocycles. The van der Waals surface area contributed by atoms with Crippen molar-refractivity contribution in [1.82, 2.24) is 28.7 Å². The Morgan fingerprint density at radius 3 is 2.85 bits per heavy atom. The lowest BCUT2D eigenvalue weighted by Crippen LogP contribution is -2.39. The van der Waals surface area contributed by atoms with Gasteiger partial charge in [-0.2, -0.15) is 0 Å². The second-order valence-corrected chi connectivity index (χ2v) is 7.67. The van der Waals surface area contributed by atoms with Gasteiger partial charge in [-0.05, 0) is 31.0 Å². The Hall–Kier alpha value is -2.81. The molecule has 0 spiro atoms. The first-order valence-electron chi connectivity index (χ1n) is 8.65. The maximum Gasteiger partial charge on any atom is 0.332 e. The zero-order valence-corrected chi connectivity index (χ0v) is 16.2. The molecule has 140 valence electrons. The van der Waals surface area contributed by atoms with Crippen LogP contribution in [0.15, 0.2) is 39.3 Å². The van der Waals surface area contributed by atoms with Gasteiger partial charge in [-0.15, -0.1) is 0 Å². The van der Waals surface area contributed by atoms with E-state index in [-0.39, 0.29) is 11.2 Å². The summed E-state index contributed by atoms with van der Waals surface area (Å²) in [5, 5.41) is 0.845. The van der Waals surface area contributed by atoms with Crippen LogP contribution < -0.4 is 11.2 Å². The Morgan fingerprint density at radius 1 is 1.22 bits per heavy atom. The highest BCUT2D eigenvalue weighted by molar-refractivity contribution is 7.99. The van der Waals surface area contributed by atoms with Crippen molar-refractivity contribution in [3.8, 4) is 0 Å². The summed E-state index contributed by atoms with van der Waals surface area (Å²) < 4.78 is 4.36. The van der Waals surface area contributed by atoms with Crippen molar-refractivity contribution in [2.75, 3.05) is 5.75 Å². The lowest BCUT2D eigenvalue weighted by Gasteiger charge is -2.08. The molecule has 0 atom stereocenters. The standard InChI is InChI=1S/C18H20N6O2S/c1-11-5-6-12-13(9-11)21-17(20-12)27-8-4-7-24-16(25)14-15(19-10-22(14)2)23(3)18(24)26/h5-6,9-10H,4,7-8H2,1-3H3,(H,20,21). The fourth-order valence-electron chi connectivity index (χ4n) is 3.15. The second-order valence-electron chi connectivity index (χ2n) is 6.59. The van der Waals surface area contributed by atoms with Crippen molar-refractivity contribution in [2.45, 2.75) is 25.0 Å². The van der Waals surface area contributed by atoms with E-state index in [9.17, 15) is 9.59 Å².